The zero-order valence-corrected chi connectivity index (χ0v) is 21.1. The van der Waals surface area contributed by atoms with Crippen molar-refractivity contribution in [2.45, 2.75) is 33.7 Å². The van der Waals surface area contributed by atoms with Gasteiger partial charge in [-0.3, -0.25) is 4.90 Å². The van der Waals surface area contributed by atoms with Crippen LogP contribution in [0.2, 0.25) is 0 Å². The molecule has 0 saturated heterocycles. The number of benzene rings is 3. The zero-order valence-electron chi connectivity index (χ0n) is 21.1. The molecule has 3 aromatic carbocycles. The van der Waals surface area contributed by atoms with Crippen molar-refractivity contribution < 1.29 is 18.4 Å². The SMILES string of the molecule is CCOc1ccc(-c2noc(C3=C(C)N(c4ccc(C)c(C)c4)C(=O)NC3c3cccc(F)c3)n2)cc1. The van der Waals surface area contributed by atoms with Crippen LogP contribution in [0.5, 0.6) is 5.75 Å². The standard InChI is InChI=1S/C29H27FN4O3/c1-5-36-24-13-10-20(11-14-24)27-32-28(37-33-27)25-19(4)34(23-12-9-17(2)18(3)15-23)29(35)31-26(25)21-7-6-8-22(30)16-21/h6-16,26H,5H2,1-4H3,(H,31,35). The second-order valence-electron chi connectivity index (χ2n) is 8.92. The van der Waals surface area contributed by atoms with Crippen LogP contribution in [-0.4, -0.2) is 22.8 Å². The van der Waals surface area contributed by atoms with Gasteiger partial charge >= 0.3 is 6.03 Å². The van der Waals surface area contributed by atoms with E-state index < -0.39 is 11.9 Å². The molecule has 0 fully saturated rings. The fraction of sp³-hybridized carbons (Fsp3) is 0.207. The Kier molecular flexibility index (Phi) is 6.48. The molecule has 0 radical (unpaired) electrons. The lowest BCUT2D eigenvalue weighted by molar-refractivity contribution is 0.244. The van der Waals surface area contributed by atoms with Gasteiger partial charge in [0.1, 0.15) is 11.6 Å². The molecule has 188 valence electrons. The van der Waals surface area contributed by atoms with Crippen molar-refractivity contribution in [3.05, 3.63) is 101 Å². The predicted molar refractivity (Wildman–Crippen MR) is 140 cm³/mol. The highest BCUT2D eigenvalue weighted by Crippen LogP contribution is 2.39. The van der Waals surface area contributed by atoms with E-state index in [-0.39, 0.29) is 11.9 Å². The van der Waals surface area contributed by atoms with Crippen LogP contribution in [0.25, 0.3) is 17.0 Å². The minimum atomic E-state index is -0.681. The number of urea groups is 1. The van der Waals surface area contributed by atoms with Gasteiger partial charge in [0.05, 0.1) is 23.9 Å². The number of ether oxygens (including phenoxy) is 1. The molecule has 2 heterocycles. The number of rotatable bonds is 6. The first kappa shape index (κ1) is 24.2. The molecule has 1 unspecified atom stereocenters. The summed E-state index contributed by atoms with van der Waals surface area (Å²) in [4.78, 5) is 19.6. The molecule has 1 atom stereocenters. The van der Waals surface area contributed by atoms with Crippen molar-refractivity contribution >= 4 is 17.3 Å². The quantitative estimate of drug-likeness (QED) is 0.324. The molecule has 1 N–H and O–H groups in total. The molecule has 0 bridgehead atoms. The van der Waals surface area contributed by atoms with Gasteiger partial charge in [0.2, 0.25) is 5.82 Å². The molecular formula is C29H27FN4O3. The number of aromatic nitrogens is 2. The number of nitrogens with one attached hydrogen (secondary N) is 1. The Hall–Kier alpha value is -4.46. The second kappa shape index (κ2) is 9.89. The van der Waals surface area contributed by atoms with Crippen LogP contribution in [0.4, 0.5) is 14.9 Å². The van der Waals surface area contributed by atoms with Gasteiger partial charge in [0.15, 0.2) is 0 Å². The van der Waals surface area contributed by atoms with Crippen molar-refractivity contribution in [3.63, 3.8) is 0 Å². The molecule has 37 heavy (non-hydrogen) atoms. The van der Waals surface area contributed by atoms with Crippen LogP contribution >= 0.6 is 0 Å². The maximum Gasteiger partial charge on any atom is 0.326 e. The van der Waals surface area contributed by atoms with Crippen LogP contribution < -0.4 is 15.0 Å². The lowest BCUT2D eigenvalue weighted by Crippen LogP contribution is -2.46. The Bertz CT molecular complexity index is 1490. The van der Waals surface area contributed by atoms with Crippen LogP contribution in [-0.2, 0) is 0 Å². The van der Waals surface area contributed by atoms with E-state index in [9.17, 15) is 9.18 Å². The predicted octanol–water partition coefficient (Wildman–Crippen LogP) is 6.59. The third kappa shape index (κ3) is 4.70. The summed E-state index contributed by atoms with van der Waals surface area (Å²) in [5.74, 6) is 0.982. The van der Waals surface area contributed by atoms with Crippen LogP contribution in [0, 0.1) is 19.7 Å². The van der Waals surface area contributed by atoms with Gasteiger partial charge in [-0.05, 0) is 92.9 Å². The molecule has 8 heteroatoms. The molecule has 0 spiro atoms. The van der Waals surface area contributed by atoms with E-state index in [1.807, 2.05) is 70.2 Å². The van der Waals surface area contributed by atoms with Crippen LogP contribution in [0.1, 0.15) is 42.5 Å². The topological polar surface area (TPSA) is 80.5 Å². The van der Waals surface area contributed by atoms with Crippen molar-refractivity contribution in [2.24, 2.45) is 0 Å². The summed E-state index contributed by atoms with van der Waals surface area (Å²) in [6.45, 7) is 8.34. The van der Waals surface area contributed by atoms with E-state index in [1.165, 1.54) is 12.1 Å². The van der Waals surface area contributed by atoms with Gasteiger partial charge < -0.3 is 14.6 Å². The zero-order chi connectivity index (χ0) is 26.1. The summed E-state index contributed by atoms with van der Waals surface area (Å²) in [5.41, 5.74) is 5.42. The molecular weight excluding hydrogens is 471 g/mol. The van der Waals surface area contributed by atoms with Gasteiger partial charge in [-0.1, -0.05) is 23.4 Å². The highest BCUT2D eigenvalue weighted by Gasteiger charge is 2.36. The summed E-state index contributed by atoms with van der Waals surface area (Å²) in [5, 5.41) is 7.20. The average Bonchev–Trinajstić information content (AvgIpc) is 3.36. The van der Waals surface area contributed by atoms with E-state index in [4.69, 9.17) is 9.26 Å². The summed E-state index contributed by atoms with van der Waals surface area (Å²) in [6, 6.07) is 18.3. The summed E-state index contributed by atoms with van der Waals surface area (Å²) in [7, 11) is 0. The number of carbonyl (C=O) groups is 1. The number of allylic oxidation sites excluding steroid dienone is 1. The third-order valence-corrected chi connectivity index (χ3v) is 6.50. The molecule has 2 amide bonds. The molecule has 7 nitrogen and oxygen atoms in total. The molecule has 4 aromatic rings. The van der Waals surface area contributed by atoms with Gasteiger partial charge in [0.25, 0.3) is 5.89 Å². The maximum atomic E-state index is 14.2. The van der Waals surface area contributed by atoms with Gasteiger partial charge in [-0.15, -0.1) is 0 Å². The first-order chi connectivity index (χ1) is 17.9. The lowest BCUT2D eigenvalue weighted by Gasteiger charge is -2.35. The summed E-state index contributed by atoms with van der Waals surface area (Å²) in [6.07, 6.45) is 0. The Labute approximate surface area is 214 Å². The largest absolute Gasteiger partial charge is 0.494 e. The number of aryl methyl sites for hydroxylation is 2. The fourth-order valence-electron chi connectivity index (χ4n) is 4.45. The van der Waals surface area contributed by atoms with E-state index in [0.717, 1.165) is 22.4 Å². The van der Waals surface area contributed by atoms with Crippen molar-refractivity contribution in [3.8, 4) is 17.1 Å². The molecule has 1 aromatic heterocycles. The minimum absolute atomic E-state index is 0.240. The van der Waals surface area contributed by atoms with E-state index in [1.54, 1.807) is 17.0 Å². The number of halogens is 1. The molecule has 1 aliphatic heterocycles. The number of nitrogens with zero attached hydrogens (tertiary/aromatic N) is 3. The summed E-state index contributed by atoms with van der Waals surface area (Å²) < 4.78 is 25.4. The number of hydrogen-bond acceptors (Lipinski definition) is 5. The van der Waals surface area contributed by atoms with Crippen molar-refractivity contribution in [1.82, 2.24) is 15.5 Å². The molecule has 0 saturated carbocycles. The van der Waals surface area contributed by atoms with E-state index in [2.05, 4.69) is 15.5 Å². The monoisotopic (exact) mass is 498 g/mol. The smallest absolute Gasteiger partial charge is 0.326 e. The fourth-order valence-corrected chi connectivity index (χ4v) is 4.45. The number of hydrogen-bond donors (Lipinski definition) is 1. The molecule has 1 aliphatic rings. The van der Waals surface area contributed by atoms with Gasteiger partial charge in [-0.2, -0.15) is 4.98 Å². The highest BCUT2D eigenvalue weighted by molar-refractivity contribution is 6.01. The Morgan fingerprint density at radius 1 is 1.03 bits per heavy atom. The van der Waals surface area contributed by atoms with E-state index in [0.29, 0.717) is 35.0 Å². The lowest BCUT2D eigenvalue weighted by atomic mass is 9.94. The summed E-state index contributed by atoms with van der Waals surface area (Å²) >= 11 is 0. The second-order valence-corrected chi connectivity index (χ2v) is 8.92. The Morgan fingerprint density at radius 3 is 2.51 bits per heavy atom. The number of anilines is 1. The average molecular weight is 499 g/mol. The van der Waals surface area contributed by atoms with Gasteiger partial charge in [0, 0.05) is 11.3 Å². The van der Waals surface area contributed by atoms with Crippen LogP contribution in [0.15, 0.2) is 77.0 Å². The maximum absolute atomic E-state index is 14.2. The minimum Gasteiger partial charge on any atom is -0.494 e. The molecule has 5 rings (SSSR count). The van der Waals surface area contributed by atoms with Crippen molar-refractivity contribution in [2.75, 3.05) is 11.5 Å². The Balaban J connectivity index is 1.62. The normalized spacial score (nSPS) is 15.6. The van der Waals surface area contributed by atoms with Gasteiger partial charge in [-0.25, -0.2) is 9.18 Å². The number of amides is 2. The Morgan fingerprint density at radius 2 is 1.81 bits per heavy atom. The van der Waals surface area contributed by atoms with Crippen LogP contribution in [0.3, 0.4) is 0 Å². The first-order valence-corrected chi connectivity index (χ1v) is 12.1. The number of carbonyl (C=O) groups excluding carboxylic acids is 1. The molecule has 0 aliphatic carbocycles. The van der Waals surface area contributed by atoms with Crippen molar-refractivity contribution in [1.29, 1.82) is 0 Å². The van der Waals surface area contributed by atoms with E-state index >= 15 is 0 Å². The highest BCUT2D eigenvalue weighted by atomic mass is 19.1. The third-order valence-electron chi connectivity index (χ3n) is 6.50. The first-order valence-electron chi connectivity index (χ1n) is 12.1.